The maximum absolute atomic E-state index is 11.1. The van der Waals surface area contributed by atoms with Gasteiger partial charge in [0, 0.05) is 0 Å². The molecule has 0 bridgehead atoms. The van der Waals surface area contributed by atoms with Crippen LogP contribution in [0, 0.1) is 0 Å². The van der Waals surface area contributed by atoms with Gasteiger partial charge in [0.25, 0.3) is 0 Å². The van der Waals surface area contributed by atoms with Gasteiger partial charge >= 0.3 is 7.69 Å². The Balaban J connectivity index is 1.97. The highest BCUT2D eigenvalue weighted by Crippen LogP contribution is 2.24. The van der Waals surface area contributed by atoms with Crippen LogP contribution in [-0.4, -0.2) is 19.5 Å². The lowest BCUT2D eigenvalue weighted by Gasteiger charge is -2.09. The highest BCUT2D eigenvalue weighted by atomic mass is 35.5. The molecule has 0 fully saturated rings. The first kappa shape index (κ1) is 17.0. The molecule has 0 aliphatic heterocycles. The third kappa shape index (κ3) is 4.31. The standard InChI is InChI=1S/C14H11BCl2N2O4/c16-11-5-7(1-3-9(11)13(18)20)22-15-23-8-2-4-10(14(19)21)12(17)6-8/h1-6,15H,(H2,18,20)(H2,19,21). The molecule has 4 N–H and O–H groups in total. The molecule has 23 heavy (non-hydrogen) atoms. The summed E-state index contributed by atoms with van der Waals surface area (Å²) in [5.41, 5.74) is 10.7. The van der Waals surface area contributed by atoms with Crippen LogP contribution in [0.3, 0.4) is 0 Å². The molecule has 2 aromatic rings. The first-order valence-corrected chi connectivity index (χ1v) is 7.08. The molecular weight excluding hydrogens is 342 g/mol. The maximum Gasteiger partial charge on any atom is 0.576 e. The summed E-state index contributed by atoms with van der Waals surface area (Å²) >= 11 is 11.8. The van der Waals surface area contributed by atoms with Crippen LogP contribution in [0.2, 0.25) is 10.0 Å². The lowest BCUT2D eigenvalue weighted by atomic mass is 10.2. The average Bonchev–Trinajstić information content (AvgIpc) is 2.46. The van der Waals surface area contributed by atoms with Crippen molar-refractivity contribution in [3.05, 3.63) is 57.6 Å². The molecule has 0 spiro atoms. The molecule has 2 aromatic carbocycles. The van der Waals surface area contributed by atoms with Gasteiger partial charge in [-0.25, -0.2) is 0 Å². The van der Waals surface area contributed by atoms with E-state index in [4.69, 9.17) is 44.0 Å². The van der Waals surface area contributed by atoms with Crippen molar-refractivity contribution in [3.8, 4) is 11.5 Å². The van der Waals surface area contributed by atoms with Gasteiger partial charge in [-0.15, -0.1) is 0 Å². The minimum absolute atomic E-state index is 0.126. The van der Waals surface area contributed by atoms with Crippen molar-refractivity contribution in [2.24, 2.45) is 11.5 Å². The third-order valence-corrected chi connectivity index (χ3v) is 3.49. The zero-order valence-corrected chi connectivity index (χ0v) is 13.2. The number of benzene rings is 2. The number of nitrogens with two attached hydrogens (primary N) is 2. The van der Waals surface area contributed by atoms with E-state index in [0.29, 0.717) is 11.5 Å². The average molecular weight is 353 g/mol. The van der Waals surface area contributed by atoms with Crippen molar-refractivity contribution in [1.29, 1.82) is 0 Å². The van der Waals surface area contributed by atoms with Gasteiger partial charge in [-0.1, -0.05) is 23.2 Å². The topological polar surface area (TPSA) is 105 Å². The van der Waals surface area contributed by atoms with Gasteiger partial charge in [0.2, 0.25) is 11.8 Å². The van der Waals surface area contributed by atoms with E-state index >= 15 is 0 Å². The van der Waals surface area contributed by atoms with E-state index in [2.05, 4.69) is 0 Å². The van der Waals surface area contributed by atoms with Crippen LogP contribution >= 0.6 is 23.2 Å². The van der Waals surface area contributed by atoms with Gasteiger partial charge in [0.05, 0.1) is 21.2 Å². The highest BCUT2D eigenvalue weighted by molar-refractivity contribution is 6.34. The van der Waals surface area contributed by atoms with Crippen molar-refractivity contribution in [2.45, 2.75) is 0 Å². The Bertz CT molecular complexity index is 707. The Morgan fingerprint density at radius 1 is 0.826 bits per heavy atom. The summed E-state index contributed by atoms with van der Waals surface area (Å²) < 4.78 is 10.7. The van der Waals surface area contributed by atoms with Crippen molar-refractivity contribution >= 4 is 42.7 Å². The first-order valence-electron chi connectivity index (χ1n) is 6.33. The number of carbonyl (C=O) groups excluding carboxylic acids is 2. The summed E-state index contributed by atoms with van der Waals surface area (Å²) in [5, 5.41) is 0.368. The molecule has 2 amide bonds. The quantitative estimate of drug-likeness (QED) is 0.774. The van der Waals surface area contributed by atoms with Crippen molar-refractivity contribution in [2.75, 3.05) is 0 Å². The fraction of sp³-hybridized carbons (Fsp3) is 0. The van der Waals surface area contributed by atoms with E-state index in [1.165, 1.54) is 24.3 Å². The zero-order chi connectivity index (χ0) is 17.0. The summed E-state index contributed by atoms with van der Waals surface area (Å²) in [6, 6.07) is 8.90. The molecular formula is C14H11BCl2N2O4. The van der Waals surface area contributed by atoms with Crippen molar-refractivity contribution in [1.82, 2.24) is 0 Å². The van der Waals surface area contributed by atoms with Gasteiger partial charge in [-0.3, -0.25) is 9.59 Å². The largest absolute Gasteiger partial charge is 0.576 e. The van der Waals surface area contributed by atoms with Crippen LogP contribution in [0.25, 0.3) is 0 Å². The van der Waals surface area contributed by atoms with Crippen LogP contribution in [0.5, 0.6) is 11.5 Å². The SMILES string of the molecule is NC(=O)c1ccc(OBOc2ccc(C(N)=O)c(Cl)c2)cc1Cl. The van der Waals surface area contributed by atoms with Crippen LogP contribution in [0.4, 0.5) is 0 Å². The molecule has 118 valence electrons. The number of primary amides is 2. The van der Waals surface area contributed by atoms with E-state index in [1.54, 1.807) is 12.1 Å². The molecule has 0 saturated carbocycles. The van der Waals surface area contributed by atoms with Gasteiger partial charge in [0.1, 0.15) is 11.5 Å². The van der Waals surface area contributed by atoms with Gasteiger partial charge in [-0.05, 0) is 36.4 Å². The molecule has 0 unspecified atom stereocenters. The lowest BCUT2D eigenvalue weighted by Crippen LogP contribution is -2.14. The molecule has 0 heterocycles. The molecule has 0 atom stereocenters. The number of halogens is 2. The normalized spacial score (nSPS) is 10.0. The lowest BCUT2D eigenvalue weighted by molar-refractivity contribution is 0.0992. The van der Waals surface area contributed by atoms with Crippen LogP contribution < -0.4 is 20.8 Å². The van der Waals surface area contributed by atoms with E-state index in [0.717, 1.165) is 0 Å². The molecule has 0 aromatic heterocycles. The minimum Gasteiger partial charge on any atom is -0.528 e. The molecule has 0 aliphatic rings. The number of hydrogen-bond acceptors (Lipinski definition) is 4. The third-order valence-electron chi connectivity index (χ3n) is 2.86. The second kappa shape index (κ2) is 7.26. The molecule has 0 radical (unpaired) electrons. The number of rotatable bonds is 6. The Labute approximate surface area is 142 Å². The van der Waals surface area contributed by atoms with E-state index in [9.17, 15) is 9.59 Å². The van der Waals surface area contributed by atoms with E-state index in [-0.39, 0.29) is 28.9 Å². The van der Waals surface area contributed by atoms with Crippen molar-refractivity contribution < 1.29 is 18.9 Å². The summed E-state index contributed by atoms with van der Waals surface area (Å²) in [4.78, 5) is 22.1. The van der Waals surface area contributed by atoms with Crippen molar-refractivity contribution in [3.63, 3.8) is 0 Å². The van der Waals surface area contributed by atoms with Gasteiger partial charge < -0.3 is 20.8 Å². The van der Waals surface area contributed by atoms with Crippen LogP contribution in [0.15, 0.2) is 36.4 Å². The van der Waals surface area contributed by atoms with Gasteiger partial charge in [-0.2, -0.15) is 0 Å². The molecule has 0 aliphatic carbocycles. The second-order valence-corrected chi connectivity index (χ2v) is 5.23. The highest BCUT2D eigenvalue weighted by Gasteiger charge is 2.10. The molecule has 0 saturated heterocycles. The fourth-order valence-electron chi connectivity index (χ4n) is 1.74. The summed E-state index contributed by atoms with van der Waals surface area (Å²) in [6.07, 6.45) is 0. The second-order valence-electron chi connectivity index (χ2n) is 4.42. The van der Waals surface area contributed by atoms with E-state index in [1.807, 2.05) is 0 Å². The summed E-state index contributed by atoms with van der Waals surface area (Å²) in [7, 11) is -0.126. The Morgan fingerprint density at radius 2 is 1.22 bits per heavy atom. The van der Waals surface area contributed by atoms with E-state index < -0.39 is 11.8 Å². The number of carbonyl (C=O) groups is 2. The Morgan fingerprint density at radius 3 is 1.52 bits per heavy atom. The predicted molar refractivity (Wildman–Crippen MR) is 88.3 cm³/mol. The maximum atomic E-state index is 11.1. The number of hydrogen-bond donors (Lipinski definition) is 2. The molecule has 9 heteroatoms. The smallest absolute Gasteiger partial charge is 0.528 e. The van der Waals surface area contributed by atoms with Crippen LogP contribution in [0.1, 0.15) is 20.7 Å². The summed E-state index contributed by atoms with van der Waals surface area (Å²) in [6.45, 7) is 0. The zero-order valence-electron chi connectivity index (χ0n) is 11.7. The predicted octanol–water partition coefficient (Wildman–Crippen LogP) is 1.92. The Kier molecular flexibility index (Phi) is 5.36. The van der Waals surface area contributed by atoms with Crippen LogP contribution in [-0.2, 0) is 0 Å². The summed E-state index contributed by atoms with van der Waals surface area (Å²) in [5.74, 6) is -0.441. The molecule has 2 rings (SSSR count). The Hall–Kier alpha value is -2.38. The monoisotopic (exact) mass is 352 g/mol. The minimum atomic E-state index is -0.623. The molecule has 6 nitrogen and oxygen atoms in total. The van der Waals surface area contributed by atoms with Gasteiger partial charge in [0.15, 0.2) is 0 Å². The fourth-order valence-corrected chi connectivity index (χ4v) is 2.26. The first-order chi connectivity index (χ1) is 10.9. The number of amides is 2.